The van der Waals surface area contributed by atoms with Crippen molar-refractivity contribution in [2.75, 3.05) is 39.6 Å². The van der Waals surface area contributed by atoms with Gasteiger partial charge in [0.2, 0.25) is 0 Å². The van der Waals surface area contributed by atoms with Gasteiger partial charge in [-0.2, -0.15) is 0 Å². The third kappa shape index (κ3) is 4.47. The fourth-order valence-corrected chi connectivity index (χ4v) is 3.44. The van der Waals surface area contributed by atoms with Gasteiger partial charge in [0.25, 0.3) is 5.91 Å². The summed E-state index contributed by atoms with van der Waals surface area (Å²) in [6.45, 7) is 0.727. The lowest BCUT2D eigenvalue weighted by atomic mass is 9.88. The highest BCUT2D eigenvalue weighted by molar-refractivity contribution is 5.95. The lowest BCUT2D eigenvalue weighted by Gasteiger charge is -2.39. The zero-order chi connectivity index (χ0) is 16.9. The molecule has 0 bridgehead atoms. The van der Waals surface area contributed by atoms with Gasteiger partial charge in [-0.15, -0.1) is 0 Å². The van der Waals surface area contributed by atoms with Crippen molar-refractivity contribution >= 4 is 11.6 Å². The minimum absolute atomic E-state index is 0.0270. The van der Waals surface area contributed by atoms with Crippen LogP contribution in [0.15, 0.2) is 24.3 Å². The monoisotopic (exact) mass is 317 g/mol. The van der Waals surface area contributed by atoms with Gasteiger partial charge in [-0.05, 0) is 45.1 Å². The van der Waals surface area contributed by atoms with Gasteiger partial charge in [0.15, 0.2) is 0 Å². The first-order valence-electron chi connectivity index (χ1n) is 8.68. The van der Waals surface area contributed by atoms with E-state index in [4.69, 9.17) is 0 Å². The van der Waals surface area contributed by atoms with Crippen molar-refractivity contribution in [3.63, 3.8) is 0 Å². The van der Waals surface area contributed by atoms with Crippen LogP contribution in [0.3, 0.4) is 0 Å². The molecule has 0 saturated heterocycles. The summed E-state index contributed by atoms with van der Waals surface area (Å²) in [4.78, 5) is 16.9. The Bertz CT molecular complexity index is 517. The number of likely N-dealkylation sites (N-methyl/N-ethyl adjacent to an activating group) is 1. The van der Waals surface area contributed by atoms with Crippen molar-refractivity contribution in [2.24, 2.45) is 0 Å². The molecule has 1 aromatic carbocycles. The summed E-state index contributed by atoms with van der Waals surface area (Å²) in [5.74, 6) is 0.0270. The van der Waals surface area contributed by atoms with Crippen LogP contribution in [0.1, 0.15) is 48.9 Å². The van der Waals surface area contributed by atoms with E-state index in [9.17, 15) is 4.79 Å². The molecular formula is C19H31N3O. The van der Waals surface area contributed by atoms with Gasteiger partial charge in [0.05, 0.1) is 0 Å². The summed E-state index contributed by atoms with van der Waals surface area (Å²) < 4.78 is 0. The first-order chi connectivity index (χ1) is 10.9. The number of anilines is 1. The molecule has 4 heteroatoms. The molecule has 1 aliphatic carbocycles. The predicted octanol–water partition coefficient (Wildman–Crippen LogP) is 3.14. The minimum Gasteiger partial charge on any atom is -0.378 e. The Hall–Kier alpha value is -1.55. The molecular weight excluding hydrogens is 286 g/mol. The molecule has 1 aliphatic rings. The normalized spacial score (nSPS) is 17.6. The molecule has 0 radical (unpaired) electrons. The molecule has 1 saturated carbocycles. The van der Waals surface area contributed by atoms with Crippen LogP contribution >= 0.6 is 0 Å². The first-order valence-corrected chi connectivity index (χ1v) is 8.68. The molecule has 0 unspecified atom stereocenters. The maximum Gasteiger partial charge on any atom is 0.251 e. The highest BCUT2D eigenvalue weighted by Crippen LogP contribution is 2.30. The summed E-state index contributed by atoms with van der Waals surface area (Å²) in [5.41, 5.74) is 1.89. The number of nitrogens with zero attached hydrogens (tertiary/aromatic N) is 2. The standard InChI is InChI=1S/C19H31N3O/c1-21(2)17-11-9-10-16(14-17)18(23)20-15-19(22(3)4)12-7-5-6-8-13-19/h9-11,14H,5-8,12-13,15H2,1-4H3,(H,20,23). The largest absolute Gasteiger partial charge is 0.378 e. The van der Waals surface area contributed by atoms with E-state index in [0.717, 1.165) is 30.6 Å². The lowest BCUT2D eigenvalue weighted by Crippen LogP contribution is -2.52. The van der Waals surface area contributed by atoms with Crippen LogP contribution in [-0.4, -0.2) is 51.1 Å². The number of hydrogen-bond acceptors (Lipinski definition) is 3. The molecule has 0 aliphatic heterocycles. The van der Waals surface area contributed by atoms with E-state index in [0.29, 0.717) is 0 Å². The van der Waals surface area contributed by atoms with Gasteiger partial charge in [-0.1, -0.05) is 31.7 Å². The number of rotatable bonds is 5. The number of benzene rings is 1. The molecule has 0 aromatic heterocycles. The molecule has 0 heterocycles. The van der Waals surface area contributed by atoms with E-state index in [1.807, 2.05) is 43.3 Å². The third-order valence-corrected chi connectivity index (χ3v) is 5.19. The van der Waals surface area contributed by atoms with Crippen LogP contribution in [0.2, 0.25) is 0 Å². The molecule has 0 spiro atoms. The maximum atomic E-state index is 12.6. The number of amides is 1. The summed E-state index contributed by atoms with van der Waals surface area (Å²) in [6.07, 6.45) is 7.47. The lowest BCUT2D eigenvalue weighted by molar-refractivity contribution is 0.0869. The average Bonchev–Trinajstić information content (AvgIpc) is 2.79. The van der Waals surface area contributed by atoms with Gasteiger partial charge < -0.3 is 15.1 Å². The maximum absolute atomic E-state index is 12.6. The number of hydrogen-bond donors (Lipinski definition) is 1. The second-order valence-electron chi connectivity index (χ2n) is 7.16. The van der Waals surface area contributed by atoms with Crippen molar-refractivity contribution in [3.05, 3.63) is 29.8 Å². The highest BCUT2D eigenvalue weighted by Gasteiger charge is 2.33. The second-order valence-corrected chi connectivity index (χ2v) is 7.16. The third-order valence-electron chi connectivity index (χ3n) is 5.19. The van der Waals surface area contributed by atoms with E-state index in [1.54, 1.807) is 0 Å². The van der Waals surface area contributed by atoms with Crippen LogP contribution in [0, 0.1) is 0 Å². The Morgan fingerprint density at radius 3 is 2.30 bits per heavy atom. The molecule has 0 atom stereocenters. The zero-order valence-electron chi connectivity index (χ0n) is 15.1. The molecule has 1 fully saturated rings. The minimum atomic E-state index is 0.0270. The van der Waals surface area contributed by atoms with E-state index < -0.39 is 0 Å². The zero-order valence-corrected chi connectivity index (χ0v) is 15.1. The van der Waals surface area contributed by atoms with Crippen molar-refractivity contribution in [1.29, 1.82) is 0 Å². The highest BCUT2D eigenvalue weighted by atomic mass is 16.1. The Kier molecular flexibility index (Phi) is 6.05. The fourth-order valence-electron chi connectivity index (χ4n) is 3.44. The molecule has 1 amide bonds. The smallest absolute Gasteiger partial charge is 0.251 e. The SMILES string of the molecule is CN(C)c1cccc(C(=O)NCC2(N(C)C)CCCCCC2)c1. The van der Waals surface area contributed by atoms with Crippen molar-refractivity contribution in [2.45, 2.75) is 44.1 Å². The van der Waals surface area contributed by atoms with Gasteiger partial charge in [-0.25, -0.2) is 0 Å². The van der Waals surface area contributed by atoms with Crippen molar-refractivity contribution < 1.29 is 4.79 Å². The summed E-state index contributed by atoms with van der Waals surface area (Å²) in [6, 6.07) is 7.80. The van der Waals surface area contributed by atoms with E-state index >= 15 is 0 Å². The Labute approximate surface area is 140 Å². The fraction of sp³-hybridized carbons (Fsp3) is 0.632. The molecule has 1 aromatic rings. The Morgan fingerprint density at radius 1 is 1.09 bits per heavy atom. The average molecular weight is 317 g/mol. The number of carbonyl (C=O) groups excluding carboxylic acids is 1. The molecule has 23 heavy (non-hydrogen) atoms. The van der Waals surface area contributed by atoms with Crippen LogP contribution in [0.4, 0.5) is 5.69 Å². The Balaban J connectivity index is 2.05. The topological polar surface area (TPSA) is 35.6 Å². The first kappa shape index (κ1) is 17.8. The molecule has 2 rings (SSSR count). The van der Waals surface area contributed by atoms with Gasteiger partial charge in [-0.3, -0.25) is 4.79 Å². The van der Waals surface area contributed by atoms with Gasteiger partial charge >= 0.3 is 0 Å². The quantitative estimate of drug-likeness (QED) is 0.848. The Morgan fingerprint density at radius 2 is 1.74 bits per heavy atom. The molecule has 4 nitrogen and oxygen atoms in total. The van der Waals surface area contributed by atoms with Crippen LogP contribution in [0.25, 0.3) is 0 Å². The molecule has 1 N–H and O–H groups in total. The summed E-state index contributed by atoms with van der Waals surface area (Å²) in [5, 5.41) is 3.19. The molecule has 128 valence electrons. The summed E-state index contributed by atoms with van der Waals surface area (Å²) >= 11 is 0. The van der Waals surface area contributed by atoms with E-state index in [2.05, 4.69) is 24.3 Å². The second kappa shape index (κ2) is 7.82. The van der Waals surface area contributed by atoms with Crippen molar-refractivity contribution in [3.8, 4) is 0 Å². The number of nitrogens with one attached hydrogen (secondary N) is 1. The van der Waals surface area contributed by atoms with Crippen LogP contribution < -0.4 is 10.2 Å². The van der Waals surface area contributed by atoms with Crippen LogP contribution in [-0.2, 0) is 0 Å². The summed E-state index contributed by atoms with van der Waals surface area (Å²) in [7, 11) is 8.27. The predicted molar refractivity (Wildman–Crippen MR) is 97.2 cm³/mol. The van der Waals surface area contributed by atoms with Crippen molar-refractivity contribution in [1.82, 2.24) is 10.2 Å². The number of carbonyl (C=O) groups is 1. The van der Waals surface area contributed by atoms with Gasteiger partial charge in [0, 0.05) is 37.4 Å². The van der Waals surface area contributed by atoms with Crippen LogP contribution in [0.5, 0.6) is 0 Å². The van der Waals surface area contributed by atoms with E-state index in [-0.39, 0.29) is 11.4 Å². The van der Waals surface area contributed by atoms with E-state index in [1.165, 1.54) is 25.7 Å². The van der Waals surface area contributed by atoms with Gasteiger partial charge in [0.1, 0.15) is 0 Å².